The van der Waals surface area contributed by atoms with Crippen LogP contribution in [0.3, 0.4) is 0 Å². The minimum absolute atomic E-state index is 0.434. The van der Waals surface area contributed by atoms with Gasteiger partial charge in [0.1, 0.15) is 0 Å². The summed E-state index contributed by atoms with van der Waals surface area (Å²) in [6.07, 6.45) is -11.8. The lowest BCUT2D eigenvalue weighted by Crippen LogP contribution is -2.57. The fraction of sp³-hybridized carbons (Fsp3) is 1.00. The molecule has 0 aliphatic heterocycles. The predicted molar refractivity (Wildman–Crippen MR) is 29.4 cm³/mol. The number of hydrogen-bond donors (Lipinski definition) is 0. The summed E-state index contributed by atoms with van der Waals surface area (Å²) in [6, 6.07) is 0. The van der Waals surface area contributed by atoms with Gasteiger partial charge in [-0.25, -0.2) is 0 Å². The fourth-order valence-electron chi connectivity index (χ4n) is 0.350. The van der Waals surface area contributed by atoms with Crippen LogP contribution in [-0.2, 0) is 11.1 Å². The first-order chi connectivity index (χ1) is 5.44. The first-order valence-electron chi connectivity index (χ1n) is 2.67. The van der Waals surface area contributed by atoms with Crippen molar-refractivity contribution in [3.05, 3.63) is 0 Å². The Kier molecular flexibility index (Phi) is 3.05. The van der Waals surface area contributed by atoms with Crippen LogP contribution in [-0.4, -0.2) is 25.9 Å². The molecule has 0 heterocycles. The summed E-state index contributed by atoms with van der Waals surface area (Å²) in [5.41, 5.74) is 0. The van der Waals surface area contributed by atoms with Crippen molar-refractivity contribution in [3.8, 4) is 0 Å². The lowest BCUT2D eigenvalue weighted by atomic mass is 10.1. The molecule has 0 bridgehead atoms. The van der Waals surface area contributed by atoms with Gasteiger partial charge in [-0.2, -0.15) is 26.3 Å². The molecule has 1 atom stereocenters. The van der Waals surface area contributed by atoms with Crippen molar-refractivity contribution in [2.24, 2.45) is 0 Å². The molecule has 0 amide bonds. The molecular formula is C4H3F6O2S-. The molecule has 0 fully saturated rings. The topological polar surface area (TPSA) is 40.1 Å². The van der Waals surface area contributed by atoms with Gasteiger partial charge >= 0.3 is 12.4 Å². The third-order valence-electron chi connectivity index (χ3n) is 1.42. The lowest BCUT2D eigenvalue weighted by Gasteiger charge is -2.35. The normalized spacial score (nSPS) is 17.2. The van der Waals surface area contributed by atoms with Crippen LogP contribution in [0, 0.1) is 0 Å². The largest absolute Gasteiger partial charge is 0.771 e. The van der Waals surface area contributed by atoms with Crippen molar-refractivity contribution in [2.45, 2.75) is 24.0 Å². The SMILES string of the molecule is CC(S(=O)[O-])(C(F)(F)F)C(F)(F)F. The monoisotopic (exact) mass is 229 g/mol. The first kappa shape index (κ1) is 12.7. The van der Waals surface area contributed by atoms with Crippen LogP contribution in [0.2, 0.25) is 0 Å². The van der Waals surface area contributed by atoms with Crippen LogP contribution in [0.25, 0.3) is 0 Å². The van der Waals surface area contributed by atoms with Crippen molar-refractivity contribution >= 4 is 11.1 Å². The van der Waals surface area contributed by atoms with Gasteiger partial charge in [0.2, 0.25) is 4.75 Å². The van der Waals surface area contributed by atoms with Crippen molar-refractivity contribution < 1.29 is 35.1 Å². The maximum atomic E-state index is 11.7. The van der Waals surface area contributed by atoms with Crippen molar-refractivity contribution in [1.29, 1.82) is 0 Å². The number of alkyl halides is 6. The van der Waals surface area contributed by atoms with Gasteiger partial charge in [0.05, 0.1) is 0 Å². The highest BCUT2D eigenvalue weighted by Crippen LogP contribution is 2.46. The van der Waals surface area contributed by atoms with Crippen molar-refractivity contribution in [1.82, 2.24) is 0 Å². The summed E-state index contributed by atoms with van der Waals surface area (Å²) >= 11 is -4.31. The predicted octanol–water partition coefficient (Wildman–Crippen LogP) is 1.75. The molecule has 13 heavy (non-hydrogen) atoms. The highest BCUT2D eigenvalue weighted by Gasteiger charge is 2.69. The first-order valence-corrected chi connectivity index (χ1v) is 3.75. The highest BCUT2D eigenvalue weighted by molar-refractivity contribution is 7.80. The minimum atomic E-state index is -5.88. The van der Waals surface area contributed by atoms with Gasteiger partial charge in [-0.3, -0.25) is 4.21 Å². The maximum absolute atomic E-state index is 11.7. The number of hydrogen-bond acceptors (Lipinski definition) is 2. The summed E-state index contributed by atoms with van der Waals surface area (Å²) in [5, 5.41) is 0. The molecule has 9 heteroatoms. The Hall–Kier alpha value is -0.310. The van der Waals surface area contributed by atoms with E-state index in [2.05, 4.69) is 0 Å². The Bertz CT molecular complexity index is 204. The van der Waals surface area contributed by atoms with Crippen LogP contribution < -0.4 is 0 Å². The van der Waals surface area contributed by atoms with Crippen molar-refractivity contribution in [3.63, 3.8) is 0 Å². The van der Waals surface area contributed by atoms with E-state index < -0.39 is 35.1 Å². The lowest BCUT2D eigenvalue weighted by molar-refractivity contribution is -0.262. The van der Waals surface area contributed by atoms with E-state index in [0.29, 0.717) is 0 Å². The summed E-state index contributed by atoms with van der Waals surface area (Å²) in [7, 11) is 0. The van der Waals surface area contributed by atoms with E-state index in [9.17, 15) is 35.1 Å². The van der Waals surface area contributed by atoms with E-state index in [4.69, 9.17) is 0 Å². The smallest absolute Gasteiger partial charge is 0.413 e. The molecule has 0 saturated heterocycles. The second-order valence-electron chi connectivity index (χ2n) is 2.26. The van der Waals surface area contributed by atoms with Crippen LogP contribution in [0.5, 0.6) is 0 Å². The zero-order valence-corrected chi connectivity index (χ0v) is 6.81. The Morgan fingerprint density at radius 1 is 1.00 bits per heavy atom. The molecule has 80 valence electrons. The molecule has 0 rings (SSSR count). The Balaban J connectivity index is 5.35. The molecule has 0 saturated carbocycles. The molecular weight excluding hydrogens is 226 g/mol. The molecule has 0 aliphatic rings. The Morgan fingerprint density at radius 2 is 1.23 bits per heavy atom. The molecule has 2 nitrogen and oxygen atoms in total. The van der Waals surface area contributed by atoms with Crippen LogP contribution in [0.15, 0.2) is 0 Å². The number of halogens is 6. The average Bonchev–Trinajstić information content (AvgIpc) is 1.80. The molecule has 1 unspecified atom stereocenters. The van der Waals surface area contributed by atoms with E-state index in [-0.39, 0.29) is 0 Å². The quantitative estimate of drug-likeness (QED) is 0.507. The van der Waals surface area contributed by atoms with Gasteiger partial charge in [0, 0.05) is 0 Å². The van der Waals surface area contributed by atoms with Crippen LogP contribution >= 0.6 is 0 Å². The van der Waals surface area contributed by atoms with Crippen molar-refractivity contribution in [2.75, 3.05) is 0 Å². The molecule has 0 spiro atoms. The second-order valence-corrected chi connectivity index (χ2v) is 3.55. The summed E-state index contributed by atoms with van der Waals surface area (Å²) < 4.78 is 85.5. The molecule has 0 aliphatic carbocycles. The summed E-state index contributed by atoms with van der Waals surface area (Å²) in [5.74, 6) is 0. The Labute approximate surface area is 71.2 Å². The molecule has 0 radical (unpaired) electrons. The summed E-state index contributed by atoms with van der Waals surface area (Å²) in [4.78, 5) is 0. The Morgan fingerprint density at radius 3 is 1.23 bits per heavy atom. The van der Waals surface area contributed by atoms with E-state index in [0.717, 1.165) is 0 Å². The zero-order chi connectivity index (χ0) is 11.1. The maximum Gasteiger partial charge on any atom is 0.413 e. The second kappa shape index (κ2) is 3.12. The molecule has 0 aromatic heterocycles. The van der Waals surface area contributed by atoms with E-state index in [1.165, 1.54) is 0 Å². The average molecular weight is 229 g/mol. The molecule has 0 N–H and O–H groups in total. The third-order valence-corrected chi connectivity index (χ3v) is 2.54. The minimum Gasteiger partial charge on any atom is -0.771 e. The molecule has 0 aromatic rings. The number of rotatable bonds is 1. The van der Waals surface area contributed by atoms with E-state index in [1.807, 2.05) is 0 Å². The fourth-order valence-corrected chi connectivity index (χ4v) is 0.728. The molecule has 0 aromatic carbocycles. The van der Waals surface area contributed by atoms with Gasteiger partial charge < -0.3 is 4.55 Å². The third kappa shape index (κ3) is 1.96. The van der Waals surface area contributed by atoms with Gasteiger partial charge in [-0.05, 0) is 18.0 Å². The van der Waals surface area contributed by atoms with Gasteiger partial charge in [-0.1, -0.05) is 0 Å². The summed E-state index contributed by atoms with van der Waals surface area (Å²) in [6.45, 7) is -0.434. The van der Waals surface area contributed by atoms with Gasteiger partial charge in [0.15, 0.2) is 0 Å². The van der Waals surface area contributed by atoms with E-state index in [1.54, 1.807) is 0 Å². The zero-order valence-electron chi connectivity index (χ0n) is 5.99. The van der Waals surface area contributed by atoms with E-state index >= 15 is 0 Å². The van der Waals surface area contributed by atoms with Crippen LogP contribution in [0.4, 0.5) is 26.3 Å². The highest BCUT2D eigenvalue weighted by atomic mass is 32.2. The van der Waals surface area contributed by atoms with Gasteiger partial charge in [-0.15, -0.1) is 0 Å². The standard InChI is InChI=1S/C4H4F6O2S/c1-2(13(11)12,3(5,6)7)4(8,9)10/h1H3,(H,11,12)/p-1. The van der Waals surface area contributed by atoms with Gasteiger partial charge in [0.25, 0.3) is 0 Å². The van der Waals surface area contributed by atoms with Crippen LogP contribution in [0.1, 0.15) is 6.92 Å².